The number of nitrogens with zero attached hydrogens (tertiary/aromatic N) is 2. The topological polar surface area (TPSA) is 17.3 Å². The van der Waals surface area contributed by atoms with Crippen LogP contribution in [0.15, 0.2) is 34.6 Å². The van der Waals surface area contributed by atoms with Gasteiger partial charge in [0.15, 0.2) is 4.80 Å². The van der Waals surface area contributed by atoms with Gasteiger partial charge in [-0.05, 0) is 40.2 Å². The van der Waals surface area contributed by atoms with Crippen molar-refractivity contribution in [3.05, 3.63) is 40.0 Å². The molecular formula is C16H22N2S. The number of thiazole rings is 1. The predicted molar refractivity (Wildman–Crippen MR) is 83.6 cm³/mol. The fourth-order valence-corrected chi connectivity index (χ4v) is 3.34. The number of aryl methyl sites for hydroxylation is 1. The van der Waals surface area contributed by atoms with Gasteiger partial charge in [-0.25, -0.2) is 0 Å². The second-order valence-corrected chi connectivity index (χ2v) is 6.24. The van der Waals surface area contributed by atoms with Crippen molar-refractivity contribution >= 4 is 11.3 Å². The molecule has 0 amide bonds. The van der Waals surface area contributed by atoms with Crippen molar-refractivity contribution in [2.45, 2.75) is 46.7 Å². The van der Waals surface area contributed by atoms with Crippen LogP contribution in [-0.2, 0) is 0 Å². The van der Waals surface area contributed by atoms with Crippen molar-refractivity contribution < 1.29 is 0 Å². The van der Waals surface area contributed by atoms with Gasteiger partial charge in [0.2, 0.25) is 0 Å². The maximum absolute atomic E-state index is 4.74. The smallest absolute Gasteiger partial charge is 0.185 e. The van der Waals surface area contributed by atoms with Crippen molar-refractivity contribution in [3.63, 3.8) is 0 Å². The van der Waals surface area contributed by atoms with Crippen molar-refractivity contribution in [3.8, 4) is 11.3 Å². The van der Waals surface area contributed by atoms with E-state index in [0.717, 1.165) is 4.80 Å². The molecule has 0 N–H and O–H groups in total. The summed E-state index contributed by atoms with van der Waals surface area (Å²) in [5.74, 6) is 0. The lowest BCUT2D eigenvalue weighted by Crippen LogP contribution is -2.20. The lowest BCUT2D eigenvalue weighted by molar-refractivity contribution is 0.580. The molecule has 2 nitrogen and oxygen atoms in total. The van der Waals surface area contributed by atoms with Crippen LogP contribution in [0.2, 0.25) is 0 Å². The molecule has 0 aliphatic rings. The van der Waals surface area contributed by atoms with E-state index < -0.39 is 0 Å². The van der Waals surface area contributed by atoms with Crippen LogP contribution >= 0.6 is 11.3 Å². The summed E-state index contributed by atoms with van der Waals surface area (Å²) >= 11 is 1.73. The zero-order chi connectivity index (χ0) is 14.0. The summed E-state index contributed by atoms with van der Waals surface area (Å²) in [5.41, 5.74) is 3.89. The van der Waals surface area contributed by atoms with Crippen LogP contribution in [0.4, 0.5) is 0 Å². The Labute approximate surface area is 119 Å². The van der Waals surface area contributed by atoms with Crippen LogP contribution in [0.1, 0.15) is 39.3 Å². The van der Waals surface area contributed by atoms with Gasteiger partial charge < -0.3 is 4.57 Å². The molecule has 1 aromatic heterocycles. The number of aromatic nitrogens is 1. The first-order valence-electron chi connectivity index (χ1n) is 6.80. The van der Waals surface area contributed by atoms with Crippen LogP contribution in [0.3, 0.4) is 0 Å². The zero-order valence-corrected chi connectivity index (χ0v) is 13.2. The third kappa shape index (κ3) is 2.98. The summed E-state index contributed by atoms with van der Waals surface area (Å²) in [7, 11) is 0. The van der Waals surface area contributed by atoms with E-state index in [4.69, 9.17) is 4.99 Å². The lowest BCUT2D eigenvalue weighted by Gasteiger charge is -2.14. The summed E-state index contributed by atoms with van der Waals surface area (Å²) < 4.78 is 2.34. The van der Waals surface area contributed by atoms with E-state index in [1.165, 1.54) is 16.8 Å². The standard InChI is InChI=1S/C16H22N2S/c1-11(2)17-16-18(12(3)4)15(10-19-16)14-9-7-6-8-13(14)5/h6-12H,1-5H3. The van der Waals surface area contributed by atoms with Crippen molar-refractivity contribution in [1.29, 1.82) is 0 Å². The first-order chi connectivity index (χ1) is 9.00. The molecule has 0 fully saturated rings. The van der Waals surface area contributed by atoms with Crippen molar-refractivity contribution in [1.82, 2.24) is 4.57 Å². The van der Waals surface area contributed by atoms with Gasteiger partial charge in [0.25, 0.3) is 0 Å². The predicted octanol–water partition coefficient (Wildman–Crippen LogP) is 4.42. The van der Waals surface area contributed by atoms with Gasteiger partial charge >= 0.3 is 0 Å². The Hall–Kier alpha value is -1.35. The molecule has 102 valence electrons. The van der Waals surface area contributed by atoms with Crippen LogP contribution in [0, 0.1) is 6.92 Å². The molecule has 0 saturated carbocycles. The monoisotopic (exact) mass is 274 g/mol. The minimum absolute atomic E-state index is 0.327. The van der Waals surface area contributed by atoms with E-state index in [0.29, 0.717) is 12.1 Å². The summed E-state index contributed by atoms with van der Waals surface area (Å²) in [4.78, 5) is 5.85. The Balaban J connectivity index is 2.66. The van der Waals surface area contributed by atoms with Gasteiger partial charge in [0.1, 0.15) is 0 Å². The molecule has 2 rings (SSSR count). The quantitative estimate of drug-likeness (QED) is 0.788. The lowest BCUT2D eigenvalue weighted by atomic mass is 10.1. The fraction of sp³-hybridized carbons (Fsp3) is 0.438. The largest absolute Gasteiger partial charge is 0.314 e. The zero-order valence-electron chi connectivity index (χ0n) is 12.3. The number of rotatable bonds is 3. The van der Waals surface area contributed by atoms with E-state index in [1.807, 2.05) is 0 Å². The maximum atomic E-state index is 4.74. The van der Waals surface area contributed by atoms with Crippen LogP contribution < -0.4 is 4.80 Å². The van der Waals surface area contributed by atoms with E-state index in [1.54, 1.807) is 11.3 Å². The van der Waals surface area contributed by atoms with Gasteiger partial charge in [-0.3, -0.25) is 4.99 Å². The Morgan fingerprint density at radius 1 is 1.11 bits per heavy atom. The van der Waals surface area contributed by atoms with Gasteiger partial charge in [0, 0.05) is 23.0 Å². The van der Waals surface area contributed by atoms with Crippen LogP contribution in [-0.4, -0.2) is 10.6 Å². The normalized spacial score (nSPS) is 12.7. The highest BCUT2D eigenvalue weighted by Gasteiger charge is 2.12. The molecule has 0 radical (unpaired) electrons. The van der Waals surface area contributed by atoms with Crippen LogP contribution in [0.5, 0.6) is 0 Å². The Kier molecular flexibility index (Phi) is 4.25. The Morgan fingerprint density at radius 2 is 1.79 bits per heavy atom. The molecule has 2 aromatic rings. The molecule has 0 atom stereocenters. The second-order valence-electron chi connectivity index (χ2n) is 5.41. The SMILES string of the molecule is Cc1ccccc1-c1csc(=NC(C)C)n1C(C)C. The highest BCUT2D eigenvalue weighted by atomic mass is 32.1. The summed E-state index contributed by atoms with van der Waals surface area (Å²) in [6, 6.07) is 9.28. The molecular weight excluding hydrogens is 252 g/mol. The Morgan fingerprint density at radius 3 is 2.37 bits per heavy atom. The molecule has 1 heterocycles. The third-order valence-corrected chi connectivity index (χ3v) is 3.90. The average molecular weight is 274 g/mol. The average Bonchev–Trinajstić information content (AvgIpc) is 2.72. The van der Waals surface area contributed by atoms with Crippen molar-refractivity contribution in [2.75, 3.05) is 0 Å². The summed E-state index contributed by atoms with van der Waals surface area (Å²) in [6.07, 6.45) is 0. The first kappa shape index (κ1) is 14.1. The molecule has 0 spiro atoms. The highest BCUT2D eigenvalue weighted by molar-refractivity contribution is 7.07. The van der Waals surface area contributed by atoms with Gasteiger partial charge in [-0.2, -0.15) is 0 Å². The Bertz CT molecular complexity index is 618. The third-order valence-electron chi connectivity index (χ3n) is 3.05. The molecule has 0 aliphatic carbocycles. The first-order valence-corrected chi connectivity index (χ1v) is 7.68. The molecule has 1 aromatic carbocycles. The van der Waals surface area contributed by atoms with Crippen LogP contribution in [0.25, 0.3) is 11.3 Å². The van der Waals surface area contributed by atoms with E-state index in [9.17, 15) is 0 Å². The molecule has 0 aliphatic heterocycles. The fourth-order valence-electron chi connectivity index (χ4n) is 2.19. The molecule has 0 saturated heterocycles. The molecule has 19 heavy (non-hydrogen) atoms. The second kappa shape index (κ2) is 5.74. The van der Waals surface area contributed by atoms with E-state index in [2.05, 4.69) is 68.8 Å². The van der Waals surface area contributed by atoms with E-state index >= 15 is 0 Å². The molecule has 0 bridgehead atoms. The minimum atomic E-state index is 0.327. The number of hydrogen-bond donors (Lipinski definition) is 0. The molecule has 3 heteroatoms. The van der Waals surface area contributed by atoms with Gasteiger partial charge in [-0.15, -0.1) is 11.3 Å². The van der Waals surface area contributed by atoms with Gasteiger partial charge in [-0.1, -0.05) is 24.3 Å². The van der Waals surface area contributed by atoms with Gasteiger partial charge in [0.05, 0.1) is 5.69 Å². The summed E-state index contributed by atoms with van der Waals surface area (Å²) in [6.45, 7) is 10.8. The number of benzene rings is 1. The van der Waals surface area contributed by atoms with E-state index in [-0.39, 0.29) is 0 Å². The highest BCUT2D eigenvalue weighted by Crippen LogP contribution is 2.26. The summed E-state index contributed by atoms with van der Waals surface area (Å²) in [5, 5.41) is 2.23. The maximum Gasteiger partial charge on any atom is 0.185 e. The molecule has 0 unspecified atom stereocenters. The minimum Gasteiger partial charge on any atom is -0.314 e. The van der Waals surface area contributed by atoms with Crippen molar-refractivity contribution in [2.24, 2.45) is 4.99 Å². The number of hydrogen-bond acceptors (Lipinski definition) is 2.